The molecule has 0 N–H and O–H groups in total. The molecular formula is C12H11N3O3. The van der Waals surface area contributed by atoms with Crippen LogP contribution < -0.4 is 4.74 Å². The summed E-state index contributed by atoms with van der Waals surface area (Å²) in [6, 6.07) is 7.62. The van der Waals surface area contributed by atoms with Crippen molar-refractivity contribution < 1.29 is 9.66 Å². The summed E-state index contributed by atoms with van der Waals surface area (Å²) in [6.45, 7) is 2.04. The number of ether oxygens (including phenoxy) is 1. The molecule has 0 saturated heterocycles. The Bertz CT molecular complexity index is 555. The molecule has 0 unspecified atom stereocenters. The van der Waals surface area contributed by atoms with E-state index in [9.17, 15) is 10.1 Å². The summed E-state index contributed by atoms with van der Waals surface area (Å²) in [5, 5.41) is 10.4. The van der Waals surface area contributed by atoms with Gasteiger partial charge in [-0.3, -0.25) is 10.1 Å². The summed E-state index contributed by atoms with van der Waals surface area (Å²) in [5.74, 6) is 0.614. The third-order valence-electron chi connectivity index (χ3n) is 2.34. The predicted octanol–water partition coefficient (Wildman–Crippen LogP) is 2.74. The van der Waals surface area contributed by atoms with Gasteiger partial charge in [0, 0.05) is 0 Å². The van der Waals surface area contributed by atoms with Crippen LogP contribution in [0.15, 0.2) is 36.7 Å². The highest BCUT2D eigenvalue weighted by Crippen LogP contribution is 2.20. The molecule has 1 heterocycles. The molecule has 0 spiro atoms. The summed E-state index contributed by atoms with van der Waals surface area (Å²) in [6.07, 6.45) is 3.14. The Morgan fingerprint density at radius 2 is 2.06 bits per heavy atom. The Kier molecular flexibility index (Phi) is 3.47. The van der Waals surface area contributed by atoms with Crippen molar-refractivity contribution in [3.05, 3.63) is 52.3 Å². The molecule has 92 valence electrons. The average Bonchev–Trinajstić information content (AvgIpc) is 2.39. The largest absolute Gasteiger partial charge is 0.424 e. The Balaban J connectivity index is 2.15. The lowest BCUT2D eigenvalue weighted by atomic mass is 10.2. The van der Waals surface area contributed by atoms with E-state index in [4.69, 9.17) is 4.74 Å². The van der Waals surface area contributed by atoms with Gasteiger partial charge in [0.25, 0.3) is 0 Å². The first kappa shape index (κ1) is 12.0. The van der Waals surface area contributed by atoms with Crippen molar-refractivity contribution in [2.75, 3.05) is 0 Å². The van der Waals surface area contributed by atoms with E-state index in [0.29, 0.717) is 5.75 Å². The number of hydrogen-bond acceptors (Lipinski definition) is 5. The van der Waals surface area contributed by atoms with Crippen molar-refractivity contribution in [2.24, 2.45) is 0 Å². The first-order valence-electron chi connectivity index (χ1n) is 5.42. The maximum absolute atomic E-state index is 10.4. The second-order valence-corrected chi connectivity index (χ2v) is 3.58. The normalized spacial score (nSPS) is 10.1. The summed E-state index contributed by atoms with van der Waals surface area (Å²) >= 11 is 0. The third-order valence-corrected chi connectivity index (χ3v) is 2.34. The minimum Gasteiger partial charge on any atom is -0.424 e. The summed E-state index contributed by atoms with van der Waals surface area (Å²) in [4.78, 5) is 17.4. The Morgan fingerprint density at radius 3 is 2.67 bits per heavy atom. The highest BCUT2D eigenvalue weighted by atomic mass is 16.6. The second kappa shape index (κ2) is 5.22. The van der Waals surface area contributed by atoms with Gasteiger partial charge in [0.2, 0.25) is 0 Å². The number of nitrogens with zero attached hydrogens (tertiary/aromatic N) is 3. The summed E-state index contributed by atoms with van der Waals surface area (Å²) in [5.41, 5.74) is 0.971. The van der Waals surface area contributed by atoms with Gasteiger partial charge >= 0.3 is 11.7 Å². The van der Waals surface area contributed by atoms with Crippen LogP contribution >= 0.6 is 0 Å². The van der Waals surface area contributed by atoms with E-state index >= 15 is 0 Å². The van der Waals surface area contributed by atoms with Gasteiger partial charge in [0.1, 0.15) is 18.1 Å². The van der Waals surface area contributed by atoms with Crippen LogP contribution in [0.1, 0.15) is 12.5 Å². The van der Waals surface area contributed by atoms with E-state index in [2.05, 4.69) is 9.97 Å². The van der Waals surface area contributed by atoms with Crippen LogP contribution in [0.3, 0.4) is 0 Å². The molecule has 0 fully saturated rings. The monoisotopic (exact) mass is 245 g/mol. The standard InChI is InChI=1S/C12H11N3O3/c1-2-9-4-3-5-11(6-9)18-12-13-7-10(8-14-12)15(16)17/h3-8H,2H2,1H3. The van der Waals surface area contributed by atoms with Gasteiger partial charge in [-0.25, -0.2) is 0 Å². The lowest BCUT2D eigenvalue weighted by molar-refractivity contribution is -0.385. The van der Waals surface area contributed by atoms with Crippen molar-refractivity contribution in [1.29, 1.82) is 0 Å². The number of aromatic nitrogens is 2. The maximum Gasteiger partial charge on any atom is 0.322 e. The minimum absolute atomic E-state index is 0.0915. The van der Waals surface area contributed by atoms with E-state index in [-0.39, 0.29) is 11.7 Å². The topological polar surface area (TPSA) is 78.2 Å². The second-order valence-electron chi connectivity index (χ2n) is 3.58. The Morgan fingerprint density at radius 1 is 1.33 bits per heavy atom. The van der Waals surface area contributed by atoms with Crippen molar-refractivity contribution in [3.63, 3.8) is 0 Å². The first-order valence-corrected chi connectivity index (χ1v) is 5.42. The lowest BCUT2D eigenvalue weighted by Gasteiger charge is -2.04. The minimum atomic E-state index is -0.554. The zero-order valence-electron chi connectivity index (χ0n) is 9.74. The van der Waals surface area contributed by atoms with E-state index in [1.807, 2.05) is 25.1 Å². The molecule has 2 aromatic rings. The van der Waals surface area contributed by atoms with Gasteiger partial charge in [-0.05, 0) is 24.1 Å². The van der Waals surface area contributed by atoms with Gasteiger partial charge in [0.15, 0.2) is 0 Å². The SMILES string of the molecule is CCc1cccc(Oc2ncc([N+](=O)[O-])cn2)c1. The van der Waals surface area contributed by atoms with E-state index in [0.717, 1.165) is 24.4 Å². The van der Waals surface area contributed by atoms with Crippen molar-refractivity contribution in [1.82, 2.24) is 9.97 Å². The Hall–Kier alpha value is -2.50. The highest BCUT2D eigenvalue weighted by molar-refractivity contribution is 5.31. The average molecular weight is 245 g/mol. The molecular weight excluding hydrogens is 234 g/mol. The highest BCUT2D eigenvalue weighted by Gasteiger charge is 2.07. The van der Waals surface area contributed by atoms with Gasteiger partial charge in [0.05, 0.1) is 4.92 Å². The summed E-state index contributed by atoms with van der Waals surface area (Å²) < 4.78 is 5.41. The molecule has 0 atom stereocenters. The van der Waals surface area contributed by atoms with Crippen LogP contribution in [0.2, 0.25) is 0 Å². The molecule has 0 radical (unpaired) electrons. The van der Waals surface area contributed by atoms with Crippen LogP contribution in [0.25, 0.3) is 0 Å². The van der Waals surface area contributed by atoms with Gasteiger partial charge in [-0.15, -0.1) is 0 Å². The fraction of sp³-hybridized carbons (Fsp3) is 0.167. The van der Waals surface area contributed by atoms with Crippen LogP contribution in [0.4, 0.5) is 5.69 Å². The van der Waals surface area contributed by atoms with E-state index in [1.54, 1.807) is 6.07 Å². The lowest BCUT2D eigenvalue weighted by Crippen LogP contribution is -1.95. The molecule has 0 saturated carbocycles. The quantitative estimate of drug-likeness (QED) is 0.611. The van der Waals surface area contributed by atoms with Crippen LogP contribution in [-0.2, 0) is 6.42 Å². The fourth-order valence-corrected chi connectivity index (χ4v) is 1.39. The molecule has 1 aromatic heterocycles. The van der Waals surface area contributed by atoms with Crippen molar-refractivity contribution >= 4 is 5.69 Å². The van der Waals surface area contributed by atoms with E-state index < -0.39 is 4.92 Å². The van der Waals surface area contributed by atoms with Crippen LogP contribution in [-0.4, -0.2) is 14.9 Å². The molecule has 0 aliphatic heterocycles. The number of hydrogen-bond donors (Lipinski definition) is 0. The predicted molar refractivity (Wildman–Crippen MR) is 64.6 cm³/mol. The molecule has 1 aromatic carbocycles. The van der Waals surface area contributed by atoms with Crippen molar-refractivity contribution in [3.8, 4) is 11.8 Å². The molecule has 18 heavy (non-hydrogen) atoms. The first-order chi connectivity index (χ1) is 8.69. The molecule has 0 aliphatic rings. The number of nitro groups is 1. The van der Waals surface area contributed by atoms with Crippen LogP contribution in [0.5, 0.6) is 11.8 Å². The zero-order chi connectivity index (χ0) is 13.0. The van der Waals surface area contributed by atoms with Gasteiger partial charge in [-0.1, -0.05) is 19.1 Å². The zero-order valence-corrected chi connectivity index (χ0v) is 9.74. The number of benzene rings is 1. The van der Waals surface area contributed by atoms with Gasteiger partial charge < -0.3 is 4.74 Å². The molecule has 6 heteroatoms. The van der Waals surface area contributed by atoms with Crippen LogP contribution in [0, 0.1) is 10.1 Å². The van der Waals surface area contributed by atoms with Crippen molar-refractivity contribution in [2.45, 2.75) is 13.3 Å². The Labute approximate surface area is 103 Å². The van der Waals surface area contributed by atoms with E-state index in [1.165, 1.54) is 0 Å². The molecule has 6 nitrogen and oxygen atoms in total. The summed E-state index contributed by atoms with van der Waals surface area (Å²) in [7, 11) is 0. The third kappa shape index (κ3) is 2.79. The van der Waals surface area contributed by atoms with Gasteiger partial charge in [-0.2, -0.15) is 9.97 Å². The maximum atomic E-state index is 10.4. The molecule has 0 amide bonds. The molecule has 2 rings (SSSR count). The fourth-order valence-electron chi connectivity index (χ4n) is 1.39. The molecule has 0 bridgehead atoms. The molecule has 0 aliphatic carbocycles. The number of aryl methyl sites for hydroxylation is 1. The number of rotatable bonds is 4. The smallest absolute Gasteiger partial charge is 0.322 e.